The van der Waals surface area contributed by atoms with Crippen molar-refractivity contribution in [1.29, 1.82) is 0 Å². The summed E-state index contributed by atoms with van der Waals surface area (Å²) in [5.74, 6) is 1.23. The molecule has 32 heavy (non-hydrogen) atoms. The van der Waals surface area contributed by atoms with Gasteiger partial charge < -0.3 is 30.7 Å². The van der Waals surface area contributed by atoms with Gasteiger partial charge >= 0.3 is 0 Å². The summed E-state index contributed by atoms with van der Waals surface area (Å²) < 4.78 is 12.2. The molecule has 1 amide bonds. The average molecular weight is 457 g/mol. The lowest BCUT2D eigenvalue weighted by molar-refractivity contribution is -0.286. The number of carbonyl (C=O) groups excluding carboxylic acids is 1. The van der Waals surface area contributed by atoms with Crippen LogP contribution in [0.15, 0.2) is 0 Å². The van der Waals surface area contributed by atoms with Crippen LogP contribution in [0.1, 0.15) is 91.9 Å². The average Bonchev–Trinajstić information content (AvgIpc) is 2.79. The van der Waals surface area contributed by atoms with Crippen molar-refractivity contribution in [3.8, 4) is 0 Å². The molecule has 0 spiro atoms. The van der Waals surface area contributed by atoms with Crippen molar-refractivity contribution < 1.29 is 24.5 Å². The van der Waals surface area contributed by atoms with Crippen molar-refractivity contribution in [2.75, 3.05) is 6.54 Å². The minimum absolute atomic E-state index is 0.0506. The number of ether oxygens (including phenoxy) is 2. The maximum Gasteiger partial charge on any atom is 0.223 e. The third-order valence-electron chi connectivity index (χ3n) is 7.77. The molecule has 2 rings (SSSR count). The Morgan fingerprint density at radius 2 is 1.75 bits per heavy atom. The minimum Gasteiger partial charge on any atom is -0.389 e. The van der Waals surface area contributed by atoms with Crippen molar-refractivity contribution in [3.63, 3.8) is 0 Å². The number of hydrogen-bond donors (Lipinski definition) is 4. The number of amides is 1. The van der Waals surface area contributed by atoms with Crippen molar-refractivity contribution in [1.82, 2.24) is 5.32 Å². The molecule has 0 aromatic carbocycles. The third-order valence-corrected chi connectivity index (χ3v) is 7.77. The Kier molecular flexibility index (Phi) is 11.9. The van der Waals surface area contributed by atoms with Gasteiger partial charge in [-0.25, -0.2) is 0 Å². The van der Waals surface area contributed by atoms with Gasteiger partial charge in [-0.3, -0.25) is 4.79 Å². The number of nitrogens with two attached hydrogens (primary N) is 1. The van der Waals surface area contributed by atoms with Gasteiger partial charge in [0.25, 0.3) is 0 Å². The molecule has 0 aromatic rings. The first-order valence-electron chi connectivity index (χ1n) is 13.0. The molecule has 2 saturated heterocycles. The Morgan fingerprint density at radius 1 is 1.00 bits per heavy atom. The Balaban J connectivity index is 2.11. The van der Waals surface area contributed by atoms with Crippen molar-refractivity contribution >= 4 is 5.91 Å². The maximum absolute atomic E-state index is 12.6. The number of hydrogen-bond acceptors (Lipinski definition) is 6. The van der Waals surface area contributed by atoms with E-state index < -0.39 is 30.6 Å². The van der Waals surface area contributed by atoms with Crippen LogP contribution in [0.3, 0.4) is 0 Å². The highest BCUT2D eigenvalue weighted by Gasteiger charge is 2.42. The normalized spacial score (nSPS) is 41.0. The molecule has 0 saturated carbocycles. The Bertz CT molecular complexity index is 548. The fourth-order valence-corrected chi connectivity index (χ4v) is 5.27. The summed E-state index contributed by atoms with van der Waals surface area (Å²) in [6.45, 7) is 8.96. The molecule has 0 bridgehead atoms. The van der Waals surface area contributed by atoms with E-state index in [1.165, 1.54) is 0 Å². The van der Waals surface area contributed by atoms with Gasteiger partial charge in [0.05, 0.1) is 24.4 Å². The number of rotatable bonds is 5. The lowest BCUT2D eigenvalue weighted by Crippen LogP contribution is -2.61. The van der Waals surface area contributed by atoms with Crippen LogP contribution in [0.25, 0.3) is 0 Å². The lowest BCUT2D eigenvalue weighted by atomic mass is 9.85. The maximum atomic E-state index is 12.6. The highest BCUT2D eigenvalue weighted by molar-refractivity contribution is 5.78. The first kappa shape index (κ1) is 27.5. The van der Waals surface area contributed by atoms with Gasteiger partial charge in [-0.05, 0) is 57.3 Å². The second kappa shape index (κ2) is 13.9. The van der Waals surface area contributed by atoms with E-state index in [1.807, 2.05) is 0 Å². The van der Waals surface area contributed by atoms with E-state index in [-0.39, 0.29) is 17.9 Å². The monoisotopic (exact) mass is 456 g/mol. The van der Waals surface area contributed by atoms with Crippen LogP contribution in [0.4, 0.5) is 0 Å². The first-order valence-corrected chi connectivity index (χ1v) is 13.0. The highest BCUT2D eigenvalue weighted by atomic mass is 16.7. The number of aliphatic hydroxyl groups is 2. The molecule has 0 aliphatic carbocycles. The highest BCUT2D eigenvalue weighted by Crippen LogP contribution is 2.31. The largest absolute Gasteiger partial charge is 0.389 e. The van der Waals surface area contributed by atoms with Crippen molar-refractivity contribution in [2.24, 2.45) is 23.5 Å². The SMILES string of the molecule is CC[C@H]1CCC[C@@H](CC)C(=O)NCCC[C@@H](CC)[C@@H](O[C@@H]2O[C@@H](C)[C@H](O)[C@@H](N)[C@@H]2O)CC1. The van der Waals surface area contributed by atoms with E-state index in [4.69, 9.17) is 15.2 Å². The van der Waals surface area contributed by atoms with Gasteiger partial charge in [0.2, 0.25) is 5.91 Å². The molecule has 2 aliphatic heterocycles. The summed E-state index contributed by atoms with van der Waals surface area (Å²) in [5, 5.41) is 23.8. The predicted molar refractivity (Wildman–Crippen MR) is 126 cm³/mol. The van der Waals surface area contributed by atoms with E-state index in [2.05, 4.69) is 26.1 Å². The van der Waals surface area contributed by atoms with Gasteiger partial charge in [0, 0.05) is 12.5 Å². The smallest absolute Gasteiger partial charge is 0.223 e. The van der Waals surface area contributed by atoms with Gasteiger partial charge in [-0.15, -0.1) is 0 Å². The quantitative estimate of drug-likeness (QED) is 0.505. The molecule has 0 aromatic heterocycles. The van der Waals surface area contributed by atoms with Crippen LogP contribution < -0.4 is 11.1 Å². The first-order chi connectivity index (χ1) is 15.3. The standard InChI is InChI=1S/C25H48N2O5/c1-5-17-10-8-11-19(7-3)24(30)27-15-9-12-18(6-2)20(14-13-17)32-25-23(29)21(26)22(28)16(4)31-25/h16-23,25,28-29H,5-15,26H2,1-4H3,(H,27,30)/t16-,17-,18+,19+,20-,21+,22-,23-,25-/m0/s1. The molecular formula is C25H48N2O5. The molecule has 5 N–H and O–H groups in total. The van der Waals surface area contributed by atoms with E-state index in [0.29, 0.717) is 18.4 Å². The zero-order valence-electron chi connectivity index (χ0n) is 20.7. The fourth-order valence-electron chi connectivity index (χ4n) is 5.27. The molecule has 0 unspecified atom stereocenters. The van der Waals surface area contributed by atoms with E-state index in [0.717, 1.165) is 64.2 Å². The molecule has 7 nitrogen and oxygen atoms in total. The summed E-state index contributed by atoms with van der Waals surface area (Å²) in [5.41, 5.74) is 6.03. The van der Waals surface area contributed by atoms with Crippen LogP contribution in [0.5, 0.6) is 0 Å². The second-order valence-corrected chi connectivity index (χ2v) is 9.93. The van der Waals surface area contributed by atoms with Crippen molar-refractivity contribution in [3.05, 3.63) is 0 Å². The number of carbonyl (C=O) groups is 1. The second-order valence-electron chi connectivity index (χ2n) is 9.93. The molecule has 7 heteroatoms. The van der Waals surface area contributed by atoms with Crippen LogP contribution in [-0.2, 0) is 14.3 Å². The van der Waals surface area contributed by atoms with E-state index in [1.54, 1.807) is 6.92 Å². The fraction of sp³-hybridized carbons (Fsp3) is 0.960. The van der Waals surface area contributed by atoms with E-state index >= 15 is 0 Å². The van der Waals surface area contributed by atoms with Crippen LogP contribution in [0.2, 0.25) is 0 Å². The Morgan fingerprint density at radius 3 is 2.41 bits per heavy atom. The van der Waals surface area contributed by atoms with Crippen LogP contribution in [0, 0.1) is 17.8 Å². The minimum atomic E-state index is -1.06. The molecule has 0 radical (unpaired) electrons. The predicted octanol–water partition coefficient (Wildman–Crippen LogP) is 3.10. The summed E-state index contributed by atoms with van der Waals surface area (Å²) in [4.78, 5) is 12.6. The summed E-state index contributed by atoms with van der Waals surface area (Å²) >= 11 is 0. The number of nitrogens with one attached hydrogen (secondary N) is 1. The van der Waals surface area contributed by atoms with Crippen molar-refractivity contribution in [2.45, 2.75) is 129 Å². The molecule has 188 valence electrons. The van der Waals surface area contributed by atoms with Crippen LogP contribution in [-0.4, -0.2) is 59.4 Å². The zero-order valence-corrected chi connectivity index (χ0v) is 20.7. The van der Waals surface area contributed by atoms with Gasteiger partial charge in [0.1, 0.15) is 6.10 Å². The summed E-state index contributed by atoms with van der Waals surface area (Å²) in [6.07, 6.45) is 6.63. The zero-order chi connectivity index (χ0) is 23.7. The van der Waals surface area contributed by atoms with Gasteiger partial charge in [-0.1, -0.05) is 46.5 Å². The summed E-state index contributed by atoms with van der Waals surface area (Å²) in [6, 6.07) is -0.785. The van der Waals surface area contributed by atoms with Gasteiger partial charge in [-0.2, -0.15) is 0 Å². The summed E-state index contributed by atoms with van der Waals surface area (Å²) in [7, 11) is 0. The van der Waals surface area contributed by atoms with E-state index in [9.17, 15) is 15.0 Å². The topological polar surface area (TPSA) is 114 Å². The third kappa shape index (κ3) is 7.66. The Labute approximate surface area is 194 Å². The Hall–Kier alpha value is -0.730. The molecule has 2 aliphatic rings. The van der Waals surface area contributed by atoms with Gasteiger partial charge in [0.15, 0.2) is 6.29 Å². The number of aliphatic hydroxyl groups excluding tert-OH is 2. The van der Waals surface area contributed by atoms with Crippen LogP contribution >= 0.6 is 0 Å². The molecule has 2 heterocycles. The molecular weight excluding hydrogens is 408 g/mol. The molecule has 9 atom stereocenters. The lowest BCUT2D eigenvalue weighted by Gasteiger charge is -2.42. The molecule has 2 fully saturated rings.